The van der Waals surface area contributed by atoms with Crippen molar-refractivity contribution in [2.75, 3.05) is 33.2 Å². The summed E-state index contributed by atoms with van der Waals surface area (Å²) in [5.74, 6) is 0.750. The molecule has 1 fully saturated rings. The van der Waals surface area contributed by atoms with Gasteiger partial charge in [-0.2, -0.15) is 0 Å². The van der Waals surface area contributed by atoms with Gasteiger partial charge in [-0.3, -0.25) is 4.79 Å². The first-order valence-corrected chi connectivity index (χ1v) is 9.10. The number of nitrogens with zero attached hydrogens (tertiary/aromatic N) is 2. The van der Waals surface area contributed by atoms with Crippen LogP contribution < -0.4 is 0 Å². The zero-order chi connectivity index (χ0) is 17.1. The lowest BCUT2D eigenvalue weighted by molar-refractivity contribution is 0.0664. The molecule has 0 saturated carbocycles. The Labute approximate surface area is 145 Å². The lowest BCUT2D eigenvalue weighted by Gasteiger charge is -2.32. The second kappa shape index (κ2) is 7.35. The van der Waals surface area contributed by atoms with Crippen molar-refractivity contribution >= 4 is 16.7 Å². The molecular formula is C21H28N2O. The summed E-state index contributed by atoms with van der Waals surface area (Å²) < 4.78 is 0. The maximum Gasteiger partial charge on any atom is 0.253 e. The molecule has 1 aliphatic heterocycles. The van der Waals surface area contributed by atoms with Gasteiger partial charge in [-0.1, -0.05) is 44.5 Å². The SMILES string of the molecule is CCCC(C)c1ccc2cc(C(=O)N3CCN(C)CC3)ccc2c1. The second-order valence-corrected chi connectivity index (χ2v) is 7.11. The number of hydrogen-bond acceptors (Lipinski definition) is 2. The van der Waals surface area contributed by atoms with E-state index in [0.717, 1.165) is 37.1 Å². The van der Waals surface area contributed by atoms with E-state index in [-0.39, 0.29) is 5.91 Å². The van der Waals surface area contributed by atoms with Crippen molar-refractivity contribution in [1.29, 1.82) is 0 Å². The topological polar surface area (TPSA) is 23.6 Å². The van der Waals surface area contributed by atoms with Gasteiger partial charge >= 0.3 is 0 Å². The van der Waals surface area contributed by atoms with Gasteiger partial charge in [0.15, 0.2) is 0 Å². The van der Waals surface area contributed by atoms with Gasteiger partial charge in [0, 0.05) is 31.7 Å². The van der Waals surface area contributed by atoms with Crippen molar-refractivity contribution < 1.29 is 4.79 Å². The highest BCUT2D eigenvalue weighted by molar-refractivity contribution is 5.98. The molecule has 128 valence electrons. The summed E-state index contributed by atoms with van der Waals surface area (Å²) in [6.07, 6.45) is 2.42. The first-order valence-electron chi connectivity index (χ1n) is 9.10. The highest BCUT2D eigenvalue weighted by Gasteiger charge is 2.20. The molecule has 1 saturated heterocycles. The lowest BCUT2D eigenvalue weighted by Crippen LogP contribution is -2.47. The van der Waals surface area contributed by atoms with Crippen molar-refractivity contribution in [3.05, 3.63) is 47.5 Å². The normalized spacial score (nSPS) is 17.2. The van der Waals surface area contributed by atoms with Crippen LogP contribution in [0, 0.1) is 0 Å². The Balaban J connectivity index is 1.81. The fraction of sp³-hybridized carbons (Fsp3) is 0.476. The van der Waals surface area contributed by atoms with E-state index in [0.29, 0.717) is 5.92 Å². The number of fused-ring (bicyclic) bond motifs is 1. The zero-order valence-corrected chi connectivity index (χ0v) is 15.1. The molecule has 1 heterocycles. The summed E-state index contributed by atoms with van der Waals surface area (Å²) in [4.78, 5) is 17.0. The Hall–Kier alpha value is -1.87. The van der Waals surface area contributed by atoms with Crippen LogP contribution in [-0.2, 0) is 0 Å². The van der Waals surface area contributed by atoms with Crippen LogP contribution in [0.5, 0.6) is 0 Å². The van der Waals surface area contributed by atoms with Gasteiger partial charge in [-0.15, -0.1) is 0 Å². The van der Waals surface area contributed by atoms with E-state index in [1.54, 1.807) is 0 Å². The number of piperazine rings is 1. The van der Waals surface area contributed by atoms with E-state index in [1.165, 1.54) is 23.8 Å². The molecule has 1 amide bonds. The molecule has 0 aromatic heterocycles. The van der Waals surface area contributed by atoms with Crippen molar-refractivity contribution in [2.45, 2.75) is 32.6 Å². The monoisotopic (exact) mass is 324 g/mol. The quantitative estimate of drug-likeness (QED) is 0.844. The van der Waals surface area contributed by atoms with Gasteiger partial charge in [0.1, 0.15) is 0 Å². The minimum absolute atomic E-state index is 0.161. The highest BCUT2D eigenvalue weighted by Crippen LogP contribution is 2.26. The Bertz CT molecular complexity index is 717. The fourth-order valence-corrected chi connectivity index (χ4v) is 3.50. The van der Waals surface area contributed by atoms with Gasteiger partial charge in [0.05, 0.1) is 0 Å². The smallest absolute Gasteiger partial charge is 0.253 e. The third-order valence-electron chi connectivity index (χ3n) is 5.19. The standard InChI is InChI=1S/C21H28N2O/c1-4-5-16(2)17-6-7-19-15-20(9-8-18(19)14-17)21(24)23-12-10-22(3)11-13-23/h6-9,14-16H,4-5,10-13H2,1-3H3. The average molecular weight is 324 g/mol. The van der Waals surface area contributed by atoms with Crippen LogP contribution in [0.4, 0.5) is 0 Å². The van der Waals surface area contributed by atoms with Crippen molar-refractivity contribution in [2.24, 2.45) is 0 Å². The van der Waals surface area contributed by atoms with Crippen molar-refractivity contribution in [1.82, 2.24) is 9.80 Å². The molecule has 1 atom stereocenters. The number of hydrogen-bond donors (Lipinski definition) is 0. The molecule has 24 heavy (non-hydrogen) atoms. The predicted molar refractivity (Wildman–Crippen MR) is 101 cm³/mol. The number of rotatable bonds is 4. The second-order valence-electron chi connectivity index (χ2n) is 7.11. The minimum Gasteiger partial charge on any atom is -0.336 e. The molecule has 1 unspecified atom stereocenters. The summed E-state index contributed by atoms with van der Waals surface area (Å²) in [6, 6.07) is 12.8. The third kappa shape index (κ3) is 3.62. The molecule has 0 aliphatic carbocycles. The molecule has 0 spiro atoms. The van der Waals surface area contributed by atoms with Gasteiger partial charge in [-0.05, 0) is 47.9 Å². The van der Waals surface area contributed by atoms with E-state index in [1.807, 2.05) is 17.0 Å². The van der Waals surface area contributed by atoms with Gasteiger partial charge in [-0.25, -0.2) is 0 Å². The van der Waals surface area contributed by atoms with Crippen molar-refractivity contribution in [3.8, 4) is 0 Å². The average Bonchev–Trinajstić information content (AvgIpc) is 2.61. The largest absolute Gasteiger partial charge is 0.336 e. The maximum atomic E-state index is 12.7. The van der Waals surface area contributed by atoms with Crippen LogP contribution in [0.2, 0.25) is 0 Å². The van der Waals surface area contributed by atoms with E-state index >= 15 is 0 Å². The Morgan fingerprint density at radius 1 is 1.04 bits per heavy atom. The first-order chi connectivity index (χ1) is 11.6. The van der Waals surface area contributed by atoms with E-state index < -0.39 is 0 Å². The van der Waals surface area contributed by atoms with Gasteiger partial charge in [0.25, 0.3) is 5.91 Å². The molecule has 0 bridgehead atoms. The molecule has 3 heteroatoms. The number of likely N-dealkylation sites (N-methyl/N-ethyl adjacent to an activating group) is 1. The van der Waals surface area contributed by atoms with Crippen LogP contribution in [0.15, 0.2) is 36.4 Å². The Kier molecular flexibility index (Phi) is 5.20. The van der Waals surface area contributed by atoms with E-state index in [9.17, 15) is 4.79 Å². The van der Waals surface area contributed by atoms with E-state index in [2.05, 4.69) is 50.1 Å². The molecule has 1 aliphatic rings. The number of benzene rings is 2. The minimum atomic E-state index is 0.161. The van der Waals surface area contributed by atoms with Gasteiger partial charge < -0.3 is 9.80 Å². The molecule has 3 nitrogen and oxygen atoms in total. The molecule has 0 N–H and O–H groups in total. The zero-order valence-electron chi connectivity index (χ0n) is 15.1. The van der Waals surface area contributed by atoms with Crippen LogP contribution in [0.1, 0.15) is 48.5 Å². The molecule has 2 aromatic rings. The summed E-state index contributed by atoms with van der Waals surface area (Å²) in [5, 5.41) is 2.38. The first kappa shape index (κ1) is 17.0. The number of carbonyl (C=O) groups is 1. The third-order valence-corrected chi connectivity index (χ3v) is 5.19. The van der Waals surface area contributed by atoms with Crippen LogP contribution in [0.25, 0.3) is 10.8 Å². The highest BCUT2D eigenvalue weighted by atomic mass is 16.2. The van der Waals surface area contributed by atoms with Crippen LogP contribution >= 0.6 is 0 Å². The summed E-state index contributed by atoms with van der Waals surface area (Å²) in [7, 11) is 2.11. The van der Waals surface area contributed by atoms with Crippen molar-refractivity contribution in [3.63, 3.8) is 0 Å². The number of amides is 1. The molecule has 3 rings (SSSR count). The summed E-state index contributed by atoms with van der Waals surface area (Å²) >= 11 is 0. The Morgan fingerprint density at radius 3 is 2.42 bits per heavy atom. The Morgan fingerprint density at radius 2 is 1.71 bits per heavy atom. The van der Waals surface area contributed by atoms with E-state index in [4.69, 9.17) is 0 Å². The predicted octanol–water partition coefficient (Wildman–Crippen LogP) is 4.13. The molecule has 2 aromatic carbocycles. The maximum absolute atomic E-state index is 12.7. The van der Waals surface area contributed by atoms with Crippen LogP contribution in [-0.4, -0.2) is 48.9 Å². The fourth-order valence-electron chi connectivity index (χ4n) is 3.50. The summed E-state index contributed by atoms with van der Waals surface area (Å²) in [5.41, 5.74) is 2.20. The molecule has 0 radical (unpaired) electrons. The summed E-state index contributed by atoms with van der Waals surface area (Å²) in [6.45, 7) is 8.07. The lowest BCUT2D eigenvalue weighted by atomic mass is 9.94. The van der Waals surface area contributed by atoms with Crippen LogP contribution in [0.3, 0.4) is 0 Å². The van der Waals surface area contributed by atoms with Gasteiger partial charge in [0.2, 0.25) is 0 Å². The molecular weight excluding hydrogens is 296 g/mol. The number of carbonyl (C=O) groups excluding carboxylic acids is 1.